The molecule has 4 rings (SSSR count). The van der Waals surface area contributed by atoms with Crippen LogP contribution in [0.3, 0.4) is 0 Å². The zero-order valence-electron chi connectivity index (χ0n) is 20.3. The number of carbonyl (C=O) groups is 1. The van der Waals surface area contributed by atoms with Crippen molar-refractivity contribution in [1.29, 1.82) is 0 Å². The number of sulfonamides is 1. The van der Waals surface area contributed by atoms with Crippen molar-refractivity contribution < 1.29 is 13.2 Å². The van der Waals surface area contributed by atoms with Crippen LogP contribution in [0.15, 0.2) is 59.5 Å². The molecule has 4 aromatic rings. The van der Waals surface area contributed by atoms with Crippen LogP contribution in [0, 0.1) is 20.8 Å². The molecule has 0 aliphatic rings. The second-order valence-electron chi connectivity index (χ2n) is 8.48. The third-order valence-electron chi connectivity index (χ3n) is 5.84. The molecule has 2 aromatic carbocycles. The van der Waals surface area contributed by atoms with Crippen LogP contribution in [0.2, 0.25) is 0 Å². The van der Waals surface area contributed by atoms with Crippen molar-refractivity contribution >= 4 is 27.1 Å². The third kappa shape index (κ3) is 5.19. The highest BCUT2D eigenvalue weighted by Crippen LogP contribution is 2.24. The number of aromatic nitrogens is 3. The Morgan fingerprint density at radius 2 is 1.71 bits per heavy atom. The standard InChI is InChI=1S/C26H29N5O3S/c1-5-24-29-25-19(4)28-18(3)16-22(25)31(24)21-12-10-20(11-13-21)14-15-27-26(32)30-35(33,34)23-9-7-6-8-17(23)2/h6-13,16H,5,14-15H2,1-4H3,(H2,27,30,32). The molecule has 0 radical (unpaired) electrons. The van der Waals surface area contributed by atoms with Crippen molar-refractivity contribution in [3.05, 3.63) is 82.9 Å². The zero-order chi connectivity index (χ0) is 25.2. The lowest BCUT2D eigenvalue weighted by molar-refractivity contribution is 0.246. The Morgan fingerprint density at radius 3 is 2.40 bits per heavy atom. The van der Waals surface area contributed by atoms with Crippen molar-refractivity contribution in [3.8, 4) is 5.69 Å². The Hall–Kier alpha value is -3.72. The summed E-state index contributed by atoms with van der Waals surface area (Å²) in [6, 6.07) is 15.9. The Balaban J connectivity index is 1.42. The smallest absolute Gasteiger partial charge is 0.328 e. The molecular formula is C26H29N5O3S. The molecule has 35 heavy (non-hydrogen) atoms. The van der Waals surface area contributed by atoms with E-state index in [1.165, 1.54) is 6.07 Å². The van der Waals surface area contributed by atoms with E-state index in [9.17, 15) is 13.2 Å². The van der Waals surface area contributed by atoms with E-state index in [1.807, 2.05) is 38.1 Å². The van der Waals surface area contributed by atoms with Gasteiger partial charge >= 0.3 is 6.03 Å². The van der Waals surface area contributed by atoms with Gasteiger partial charge in [-0.05, 0) is 62.6 Å². The van der Waals surface area contributed by atoms with Crippen LogP contribution in [0.1, 0.15) is 35.3 Å². The molecule has 0 atom stereocenters. The van der Waals surface area contributed by atoms with Crippen LogP contribution in [0.4, 0.5) is 4.79 Å². The lowest BCUT2D eigenvalue weighted by atomic mass is 10.1. The maximum absolute atomic E-state index is 12.5. The molecule has 0 bridgehead atoms. The summed E-state index contributed by atoms with van der Waals surface area (Å²) in [7, 11) is -3.92. The normalized spacial score (nSPS) is 11.5. The Morgan fingerprint density at radius 1 is 1.00 bits per heavy atom. The highest BCUT2D eigenvalue weighted by atomic mass is 32.2. The van der Waals surface area contributed by atoms with Gasteiger partial charge in [0.05, 0.1) is 16.1 Å². The number of amides is 2. The lowest BCUT2D eigenvalue weighted by Gasteiger charge is -2.11. The molecule has 0 aliphatic carbocycles. The number of hydrogen-bond acceptors (Lipinski definition) is 5. The molecule has 2 N–H and O–H groups in total. The van der Waals surface area contributed by atoms with Gasteiger partial charge in [-0.25, -0.2) is 22.9 Å². The lowest BCUT2D eigenvalue weighted by Crippen LogP contribution is -2.40. The van der Waals surface area contributed by atoms with Crippen LogP contribution in [0.25, 0.3) is 16.7 Å². The van der Waals surface area contributed by atoms with E-state index in [1.54, 1.807) is 25.1 Å². The number of aryl methyl sites for hydroxylation is 4. The van der Waals surface area contributed by atoms with Crippen molar-refractivity contribution in [1.82, 2.24) is 24.6 Å². The molecule has 0 saturated carbocycles. The third-order valence-corrected chi connectivity index (χ3v) is 7.33. The first kappa shape index (κ1) is 24.4. The monoisotopic (exact) mass is 491 g/mol. The number of imidazole rings is 1. The number of urea groups is 1. The maximum atomic E-state index is 12.5. The summed E-state index contributed by atoms with van der Waals surface area (Å²) in [5.74, 6) is 0.969. The van der Waals surface area contributed by atoms with E-state index in [4.69, 9.17) is 4.98 Å². The van der Waals surface area contributed by atoms with Gasteiger partial charge in [0, 0.05) is 24.3 Å². The van der Waals surface area contributed by atoms with Crippen molar-refractivity contribution in [2.75, 3.05) is 6.54 Å². The molecule has 0 saturated heterocycles. The molecule has 2 heterocycles. The fourth-order valence-electron chi connectivity index (χ4n) is 4.16. The Labute approximate surface area is 205 Å². The minimum atomic E-state index is -3.92. The number of hydrogen-bond donors (Lipinski definition) is 2. The average molecular weight is 492 g/mol. The summed E-state index contributed by atoms with van der Waals surface area (Å²) < 4.78 is 29.1. The predicted molar refractivity (Wildman–Crippen MR) is 136 cm³/mol. The highest BCUT2D eigenvalue weighted by molar-refractivity contribution is 7.90. The van der Waals surface area contributed by atoms with Gasteiger partial charge in [-0.3, -0.25) is 9.55 Å². The molecule has 9 heteroatoms. The van der Waals surface area contributed by atoms with Gasteiger partial charge in [0.15, 0.2) is 0 Å². The second-order valence-corrected chi connectivity index (χ2v) is 10.1. The summed E-state index contributed by atoms with van der Waals surface area (Å²) >= 11 is 0. The highest BCUT2D eigenvalue weighted by Gasteiger charge is 2.19. The first-order chi connectivity index (χ1) is 16.7. The quantitative estimate of drug-likeness (QED) is 0.404. The molecule has 0 unspecified atom stereocenters. The Kier molecular flexibility index (Phi) is 6.88. The van der Waals surface area contributed by atoms with E-state index in [0.717, 1.165) is 45.9 Å². The van der Waals surface area contributed by atoms with E-state index in [2.05, 4.69) is 32.6 Å². The number of benzene rings is 2. The van der Waals surface area contributed by atoms with Crippen LogP contribution < -0.4 is 10.0 Å². The molecule has 0 spiro atoms. The summed E-state index contributed by atoms with van der Waals surface area (Å²) in [5, 5.41) is 2.62. The number of pyridine rings is 1. The summed E-state index contributed by atoms with van der Waals surface area (Å²) in [6.07, 6.45) is 1.35. The SMILES string of the molecule is CCc1nc2c(C)nc(C)cc2n1-c1ccc(CCNC(=O)NS(=O)(=O)c2ccccc2C)cc1. The topological polar surface area (TPSA) is 106 Å². The maximum Gasteiger partial charge on any atom is 0.328 e. The van der Waals surface area contributed by atoms with Gasteiger partial charge in [0.1, 0.15) is 11.3 Å². The van der Waals surface area contributed by atoms with Gasteiger partial charge in [0.2, 0.25) is 0 Å². The molecule has 0 aliphatic heterocycles. The van der Waals surface area contributed by atoms with E-state index < -0.39 is 16.1 Å². The summed E-state index contributed by atoms with van der Waals surface area (Å²) in [5.41, 5.74) is 6.41. The van der Waals surface area contributed by atoms with Crippen LogP contribution >= 0.6 is 0 Å². The van der Waals surface area contributed by atoms with Crippen LogP contribution in [0.5, 0.6) is 0 Å². The van der Waals surface area contributed by atoms with Crippen LogP contribution in [-0.2, 0) is 22.9 Å². The van der Waals surface area contributed by atoms with Crippen molar-refractivity contribution in [3.63, 3.8) is 0 Å². The molecule has 2 amide bonds. The Bertz CT molecular complexity index is 1490. The number of rotatable bonds is 7. The van der Waals surface area contributed by atoms with Gasteiger partial charge in [-0.1, -0.05) is 37.3 Å². The molecule has 8 nitrogen and oxygen atoms in total. The van der Waals surface area contributed by atoms with Crippen molar-refractivity contribution in [2.45, 2.75) is 45.4 Å². The zero-order valence-corrected chi connectivity index (χ0v) is 21.1. The van der Waals surface area contributed by atoms with E-state index >= 15 is 0 Å². The van der Waals surface area contributed by atoms with Gasteiger partial charge < -0.3 is 5.32 Å². The second kappa shape index (κ2) is 9.87. The molecular weight excluding hydrogens is 462 g/mol. The molecule has 2 aromatic heterocycles. The van der Waals surface area contributed by atoms with E-state index in [-0.39, 0.29) is 4.90 Å². The van der Waals surface area contributed by atoms with Gasteiger partial charge in [-0.2, -0.15) is 0 Å². The number of nitrogens with one attached hydrogen (secondary N) is 2. The first-order valence-corrected chi connectivity index (χ1v) is 13.0. The average Bonchev–Trinajstić information content (AvgIpc) is 3.18. The number of nitrogens with zero attached hydrogens (tertiary/aromatic N) is 3. The number of fused-ring (bicyclic) bond motifs is 1. The number of carbonyl (C=O) groups excluding carboxylic acids is 1. The fourth-order valence-corrected chi connectivity index (χ4v) is 5.33. The first-order valence-electron chi connectivity index (χ1n) is 11.5. The minimum Gasteiger partial charge on any atom is -0.337 e. The molecule has 182 valence electrons. The van der Waals surface area contributed by atoms with Gasteiger partial charge in [-0.15, -0.1) is 0 Å². The largest absolute Gasteiger partial charge is 0.337 e. The summed E-state index contributed by atoms with van der Waals surface area (Å²) in [4.78, 5) is 21.6. The van der Waals surface area contributed by atoms with Crippen molar-refractivity contribution in [2.24, 2.45) is 0 Å². The summed E-state index contributed by atoms with van der Waals surface area (Å²) in [6.45, 7) is 8.02. The minimum absolute atomic E-state index is 0.0883. The molecule has 0 fully saturated rings. The fraction of sp³-hybridized carbons (Fsp3) is 0.269. The predicted octanol–water partition coefficient (Wildman–Crippen LogP) is 4.14. The van der Waals surface area contributed by atoms with Gasteiger partial charge in [0.25, 0.3) is 10.0 Å². The van der Waals surface area contributed by atoms with Crippen LogP contribution in [-0.4, -0.2) is 35.5 Å². The van der Waals surface area contributed by atoms with E-state index in [0.29, 0.717) is 18.5 Å².